The molecule has 26 heavy (non-hydrogen) atoms. The Bertz CT molecular complexity index is 702. The van der Waals surface area contributed by atoms with Crippen molar-refractivity contribution in [2.24, 2.45) is 0 Å². The molecule has 3 amide bonds. The Morgan fingerprint density at radius 1 is 1.12 bits per heavy atom. The van der Waals surface area contributed by atoms with Gasteiger partial charge in [0, 0.05) is 32.4 Å². The largest absolute Gasteiger partial charge is 0.493 e. The van der Waals surface area contributed by atoms with Crippen molar-refractivity contribution >= 4 is 17.7 Å². The maximum absolute atomic E-state index is 12.7. The molecule has 0 bridgehead atoms. The number of likely N-dealkylation sites (tertiary alicyclic amines) is 2. The fourth-order valence-corrected chi connectivity index (χ4v) is 3.70. The second kappa shape index (κ2) is 7.76. The van der Waals surface area contributed by atoms with Gasteiger partial charge < -0.3 is 14.4 Å². The van der Waals surface area contributed by atoms with Gasteiger partial charge in [-0.15, -0.1) is 0 Å². The molecule has 2 heterocycles. The summed E-state index contributed by atoms with van der Waals surface area (Å²) in [6.45, 7) is 0.853. The number of imide groups is 1. The maximum atomic E-state index is 12.7. The molecule has 0 radical (unpaired) electrons. The highest BCUT2D eigenvalue weighted by Crippen LogP contribution is 2.37. The van der Waals surface area contributed by atoms with Crippen molar-refractivity contribution in [1.82, 2.24) is 9.80 Å². The number of methoxy groups -OCH3 is 2. The van der Waals surface area contributed by atoms with Gasteiger partial charge in [-0.3, -0.25) is 19.3 Å². The molecule has 0 aliphatic carbocycles. The molecule has 7 nitrogen and oxygen atoms in total. The van der Waals surface area contributed by atoms with Crippen LogP contribution in [-0.2, 0) is 14.4 Å². The van der Waals surface area contributed by atoms with E-state index in [2.05, 4.69) is 0 Å². The first-order valence-corrected chi connectivity index (χ1v) is 8.89. The van der Waals surface area contributed by atoms with Crippen LogP contribution in [0.4, 0.5) is 0 Å². The predicted molar refractivity (Wildman–Crippen MR) is 93.8 cm³/mol. The van der Waals surface area contributed by atoms with Crippen LogP contribution in [0.25, 0.3) is 0 Å². The normalized spacial score (nSPS) is 20.0. The molecule has 0 saturated carbocycles. The Labute approximate surface area is 152 Å². The van der Waals surface area contributed by atoms with E-state index >= 15 is 0 Å². The van der Waals surface area contributed by atoms with Gasteiger partial charge in [0.2, 0.25) is 17.7 Å². The van der Waals surface area contributed by atoms with E-state index < -0.39 is 0 Å². The van der Waals surface area contributed by atoms with Crippen molar-refractivity contribution in [2.75, 3.05) is 27.3 Å². The number of amides is 3. The fraction of sp³-hybridized carbons (Fsp3) is 0.526. The maximum Gasteiger partial charge on any atom is 0.229 e. The van der Waals surface area contributed by atoms with Crippen LogP contribution in [0.3, 0.4) is 0 Å². The number of hydrogen-bond donors (Lipinski definition) is 0. The lowest BCUT2D eigenvalue weighted by Gasteiger charge is -2.26. The lowest BCUT2D eigenvalue weighted by molar-refractivity contribution is -0.139. The molecule has 2 fully saturated rings. The average Bonchev–Trinajstić information content (AvgIpc) is 3.26. The first-order chi connectivity index (χ1) is 12.5. The van der Waals surface area contributed by atoms with Crippen molar-refractivity contribution in [3.8, 4) is 11.5 Å². The summed E-state index contributed by atoms with van der Waals surface area (Å²) in [7, 11) is 3.17. The van der Waals surface area contributed by atoms with Crippen molar-refractivity contribution < 1.29 is 23.9 Å². The summed E-state index contributed by atoms with van der Waals surface area (Å²) >= 11 is 0. The lowest BCUT2D eigenvalue weighted by atomic mass is 10.0. The van der Waals surface area contributed by atoms with Gasteiger partial charge in [0.15, 0.2) is 11.5 Å². The quantitative estimate of drug-likeness (QED) is 0.725. The summed E-state index contributed by atoms with van der Waals surface area (Å²) in [5.74, 6) is 0.895. The molecule has 3 rings (SSSR count). The van der Waals surface area contributed by atoms with Crippen LogP contribution in [0.2, 0.25) is 0 Å². The summed E-state index contributed by atoms with van der Waals surface area (Å²) in [6.07, 6.45) is 2.48. The Morgan fingerprint density at radius 3 is 2.46 bits per heavy atom. The standard InChI is InChI=1S/C19H24N2O5/c1-25-15-6-5-13(12-16(15)26-2)14-4-3-10-20(14)19(24)9-11-21-17(22)7-8-18(21)23/h5-6,12,14H,3-4,7-11H2,1-2H3. The number of rotatable bonds is 6. The van der Waals surface area contributed by atoms with E-state index in [1.54, 1.807) is 14.2 Å². The molecule has 2 aliphatic heterocycles. The van der Waals surface area contributed by atoms with Crippen LogP contribution in [0, 0.1) is 0 Å². The van der Waals surface area contributed by atoms with Crippen molar-refractivity contribution in [1.29, 1.82) is 0 Å². The molecular formula is C19H24N2O5. The second-order valence-corrected chi connectivity index (χ2v) is 6.55. The topological polar surface area (TPSA) is 76.2 Å². The minimum absolute atomic E-state index is 0.0210. The molecule has 2 aliphatic rings. The van der Waals surface area contributed by atoms with E-state index in [0.717, 1.165) is 18.4 Å². The zero-order valence-corrected chi connectivity index (χ0v) is 15.2. The van der Waals surface area contributed by atoms with E-state index in [4.69, 9.17) is 9.47 Å². The van der Waals surface area contributed by atoms with Crippen LogP contribution in [0.5, 0.6) is 11.5 Å². The average molecular weight is 360 g/mol. The van der Waals surface area contributed by atoms with Crippen molar-refractivity contribution in [2.45, 2.75) is 38.1 Å². The van der Waals surface area contributed by atoms with Gasteiger partial charge in [0.05, 0.1) is 20.3 Å². The molecule has 0 spiro atoms. The summed E-state index contributed by atoms with van der Waals surface area (Å²) in [4.78, 5) is 39.1. The zero-order chi connectivity index (χ0) is 18.7. The Morgan fingerprint density at radius 2 is 1.81 bits per heavy atom. The van der Waals surface area contributed by atoms with E-state index in [1.165, 1.54) is 4.90 Å². The fourth-order valence-electron chi connectivity index (χ4n) is 3.70. The minimum atomic E-state index is -0.180. The number of nitrogens with zero attached hydrogens (tertiary/aromatic N) is 2. The lowest BCUT2D eigenvalue weighted by Crippen LogP contribution is -2.36. The molecule has 1 atom stereocenters. The summed E-state index contributed by atoms with van der Waals surface area (Å²) in [5, 5.41) is 0. The van der Waals surface area contributed by atoms with E-state index in [1.807, 2.05) is 23.1 Å². The Kier molecular flexibility index (Phi) is 5.44. The third-order valence-electron chi connectivity index (χ3n) is 5.07. The number of ether oxygens (including phenoxy) is 2. The van der Waals surface area contributed by atoms with Crippen molar-refractivity contribution in [3.63, 3.8) is 0 Å². The highest BCUT2D eigenvalue weighted by atomic mass is 16.5. The summed E-state index contributed by atoms with van der Waals surface area (Å²) < 4.78 is 10.6. The van der Waals surface area contributed by atoms with Crippen molar-refractivity contribution in [3.05, 3.63) is 23.8 Å². The van der Waals surface area contributed by atoms with Crippen LogP contribution < -0.4 is 9.47 Å². The van der Waals surface area contributed by atoms with Gasteiger partial charge in [-0.05, 0) is 30.5 Å². The third kappa shape index (κ3) is 3.52. The van der Waals surface area contributed by atoms with Crippen LogP contribution in [0.15, 0.2) is 18.2 Å². The van der Waals surface area contributed by atoms with Gasteiger partial charge in [-0.25, -0.2) is 0 Å². The van der Waals surface area contributed by atoms with Gasteiger partial charge >= 0.3 is 0 Å². The monoisotopic (exact) mass is 360 g/mol. The van der Waals surface area contributed by atoms with Gasteiger partial charge in [0.1, 0.15) is 0 Å². The van der Waals surface area contributed by atoms with Crippen LogP contribution in [-0.4, -0.2) is 54.8 Å². The number of benzene rings is 1. The molecule has 7 heteroatoms. The third-order valence-corrected chi connectivity index (χ3v) is 5.07. The first-order valence-electron chi connectivity index (χ1n) is 8.89. The van der Waals surface area contributed by atoms with E-state index in [0.29, 0.717) is 18.0 Å². The highest BCUT2D eigenvalue weighted by Gasteiger charge is 2.33. The van der Waals surface area contributed by atoms with Crippen LogP contribution in [0.1, 0.15) is 43.7 Å². The molecule has 1 aromatic rings. The van der Waals surface area contributed by atoms with Crippen LogP contribution >= 0.6 is 0 Å². The number of hydrogen-bond acceptors (Lipinski definition) is 5. The first kappa shape index (κ1) is 18.2. The molecular weight excluding hydrogens is 336 g/mol. The molecule has 1 aromatic carbocycles. The van der Waals surface area contributed by atoms with Gasteiger partial charge in [-0.1, -0.05) is 6.07 Å². The molecule has 0 N–H and O–H groups in total. The number of carbonyl (C=O) groups is 3. The summed E-state index contributed by atoms with van der Waals surface area (Å²) in [5.41, 5.74) is 1.00. The Balaban J connectivity index is 1.68. The van der Waals surface area contributed by atoms with E-state index in [9.17, 15) is 14.4 Å². The predicted octanol–water partition coefficient (Wildman–Crippen LogP) is 1.91. The highest BCUT2D eigenvalue weighted by molar-refractivity contribution is 6.02. The zero-order valence-electron chi connectivity index (χ0n) is 15.2. The number of carbonyl (C=O) groups excluding carboxylic acids is 3. The molecule has 2 saturated heterocycles. The van der Waals surface area contributed by atoms with E-state index in [-0.39, 0.29) is 49.6 Å². The minimum Gasteiger partial charge on any atom is -0.493 e. The molecule has 1 unspecified atom stereocenters. The van der Waals surface area contributed by atoms with Gasteiger partial charge in [0.25, 0.3) is 0 Å². The van der Waals surface area contributed by atoms with Gasteiger partial charge in [-0.2, -0.15) is 0 Å². The summed E-state index contributed by atoms with van der Waals surface area (Å²) in [6, 6.07) is 5.68. The Hall–Kier alpha value is -2.57. The smallest absolute Gasteiger partial charge is 0.229 e. The molecule has 140 valence electrons. The SMILES string of the molecule is COc1ccc(C2CCCN2C(=O)CCN2C(=O)CCC2=O)cc1OC. The second-order valence-electron chi connectivity index (χ2n) is 6.55. The molecule has 0 aromatic heterocycles.